The van der Waals surface area contributed by atoms with Crippen LogP contribution < -0.4 is 5.32 Å². The molecule has 96 valence electrons. The summed E-state index contributed by atoms with van der Waals surface area (Å²) in [4.78, 5) is 4.06. The molecule has 1 fully saturated rings. The normalized spacial score (nSPS) is 15.7. The summed E-state index contributed by atoms with van der Waals surface area (Å²) in [6.45, 7) is 1.79. The minimum absolute atomic E-state index is 0.542. The molecular formula is C15H21N3. The smallest absolute Gasteiger partial charge is 0.144 e. The lowest BCUT2D eigenvalue weighted by Crippen LogP contribution is -2.16. The van der Waals surface area contributed by atoms with Crippen LogP contribution in [0.1, 0.15) is 49.8 Å². The lowest BCUT2D eigenvalue weighted by molar-refractivity contribution is 0.470. The molecule has 1 aromatic heterocycles. The summed E-state index contributed by atoms with van der Waals surface area (Å²) in [6, 6.07) is 5.98. The Kier molecular flexibility index (Phi) is 5.16. The molecule has 0 unspecified atom stereocenters. The van der Waals surface area contributed by atoms with Gasteiger partial charge in [0.25, 0.3) is 0 Å². The van der Waals surface area contributed by atoms with Crippen LogP contribution in [0, 0.1) is 17.2 Å². The van der Waals surface area contributed by atoms with Crippen molar-refractivity contribution < 1.29 is 0 Å². The molecule has 0 bridgehead atoms. The highest BCUT2D eigenvalue weighted by Gasteiger charge is 2.13. The predicted molar refractivity (Wildman–Crippen MR) is 71.9 cm³/mol. The Morgan fingerprint density at radius 1 is 1.39 bits per heavy atom. The summed E-state index contributed by atoms with van der Waals surface area (Å²) < 4.78 is 0. The van der Waals surface area contributed by atoms with E-state index in [4.69, 9.17) is 5.26 Å². The van der Waals surface area contributed by atoms with Gasteiger partial charge in [0.05, 0.1) is 0 Å². The molecule has 0 atom stereocenters. The van der Waals surface area contributed by atoms with Crippen molar-refractivity contribution in [3.63, 3.8) is 0 Å². The molecule has 0 radical (unpaired) electrons. The second-order valence-electron chi connectivity index (χ2n) is 5.09. The van der Waals surface area contributed by atoms with Crippen LogP contribution in [0.4, 0.5) is 0 Å². The minimum atomic E-state index is 0.542. The minimum Gasteiger partial charge on any atom is -0.313 e. The second kappa shape index (κ2) is 7.13. The average molecular weight is 243 g/mol. The van der Waals surface area contributed by atoms with Crippen molar-refractivity contribution in [3.8, 4) is 6.07 Å². The standard InChI is InChI=1S/C15H21N3/c16-11-15-14(8-4-10-18-15)12-17-9-3-7-13-5-1-2-6-13/h4,8,10,13,17H,1-3,5-7,9,12H2. The molecule has 0 saturated heterocycles. The molecule has 1 saturated carbocycles. The van der Waals surface area contributed by atoms with Gasteiger partial charge in [0.1, 0.15) is 11.8 Å². The van der Waals surface area contributed by atoms with E-state index >= 15 is 0 Å². The van der Waals surface area contributed by atoms with Crippen LogP contribution in [0.2, 0.25) is 0 Å². The maximum Gasteiger partial charge on any atom is 0.144 e. The summed E-state index contributed by atoms with van der Waals surface area (Å²) in [5.41, 5.74) is 1.54. The first kappa shape index (κ1) is 13.0. The molecule has 3 heteroatoms. The molecule has 3 nitrogen and oxygen atoms in total. The van der Waals surface area contributed by atoms with Crippen LogP contribution in [-0.4, -0.2) is 11.5 Å². The van der Waals surface area contributed by atoms with E-state index in [-0.39, 0.29) is 0 Å². The Morgan fingerprint density at radius 2 is 2.22 bits per heavy atom. The highest BCUT2D eigenvalue weighted by atomic mass is 14.9. The Morgan fingerprint density at radius 3 is 3.00 bits per heavy atom. The van der Waals surface area contributed by atoms with E-state index in [9.17, 15) is 0 Å². The quantitative estimate of drug-likeness (QED) is 0.781. The Balaban J connectivity index is 1.64. The predicted octanol–water partition coefficient (Wildman–Crippen LogP) is 3.01. The fraction of sp³-hybridized carbons (Fsp3) is 0.600. The number of hydrogen-bond donors (Lipinski definition) is 1. The van der Waals surface area contributed by atoms with E-state index in [1.165, 1.54) is 38.5 Å². The van der Waals surface area contributed by atoms with Crippen LogP contribution in [0.15, 0.2) is 18.3 Å². The van der Waals surface area contributed by atoms with Crippen molar-refractivity contribution in [3.05, 3.63) is 29.6 Å². The SMILES string of the molecule is N#Cc1ncccc1CNCCCC1CCCC1. The lowest BCUT2D eigenvalue weighted by Gasteiger charge is -2.09. The van der Waals surface area contributed by atoms with E-state index in [1.807, 2.05) is 12.1 Å². The van der Waals surface area contributed by atoms with Gasteiger partial charge in [-0.1, -0.05) is 31.7 Å². The number of hydrogen-bond acceptors (Lipinski definition) is 3. The average Bonchev–Trinajstić information content (AvgIpc) is 2.92. The summed E-state index contributed by atoms with van der Waals surface area (Å²) in [6.07, 6.45) is 9.99. The molecular weight excluding hydrogens is 222 g/mol. The van der Waals surface area contributed by atoms with Crippen LogP contribution in [0.5, 0.6) is 0 Å². The van der Waals surface area contributed by atoms with Gasteiger partial charge in [-0.2, -0.15) is 5.26 Å². The van der Waals surface area contributed by atoms with Gasteiger partial charge in [-0.25, -0.2) is 4.98 Å². The summed E-state index contributed by atoms with van der Waals surface area (Å²) in [7, 11) is 0. The number of rotatable bonds is 6. The fourth-order valence-corrected chi connectivity index (χ4v) is 2.72. The van der Waals surface area contributed by atoms with Gasteiger partial charge in [0.15, 0.2) is 0 Å². The summed E-state index contributed by atoms with van der Waals surface area (Å²) in [5.74, 6) is 0.972. The van der Waals surface area contributed by atoms with Gasteiger partial charge >= 0.3 is 0 Å². The van der Waals surface area contributed by atoms with E-state index in [2.05, 4.69) is 16.4 Å². The highest BCUT2D eigenvalue weighted by molar-refractivity contribution is 5.30. The lowest BCUT2D eigenvalue weighted by atomic mass is 10.0. The second-order valence-corrected chi connectivity index (χ2v) is 5.09. The Bertz CT molecular complexity index is 402. The van der Waals surface area contributed by atoms with Gasteiger partial charge in [0, 0.05) is 18.3 Å². The summed E-state index contributed by atoms with van der Waals surface area (Å²) >= 11 is 0. The van der Waals surface area contributed by atoms with Gasteiger partial charge in [-0.05, 0) is 31.4 Å². The number of aromatic nitrogens is 1. The Hall–Kier alpha value is -1.40. The Labute approximate surface area is 109 Å². The first-order valence-corrected chi connectivity index (χ1v) is 6.95. The van der Waals surface area contributed by atoms with Crippen LogP contribution >= 0.6 is 0 Å². The first-order chi connectivity index (χ1) is 8.90. The van der Waals surface area contributed by atoms with Crippen LogP contribution in [-0.2, 0) is 6.54 Å². The number of pyridine rings is 1. The fourth-order valence-electron chi connectivity index (χ4n) is 2.72. The molecule has 0 aliphatic heterocycles. The molecule has 0 amide bonds. The zero-order valence-electron chi connectivity index (χ0n) is 10.9. The van der Waals surface area contributed by atoms with Gasteiger partial charge in [-0.15, -0.1) is 0 Å². The van der Waals surface area contributed by atoms with Gasteiger partial charge in [0.2, 0.25) is 0 Å². The monoisotopic (exact) mass is 243 g/mol. The van der Waals surface area contributed by atoms with Crippen LogP contribution in [0.3, 0.4) is 0 Å². The number of nitrogens with one attached hydrogen (secondary N) is 1. The van der Waals surface area contributed by atoms with Crippen molar-refractivity contribution in [2.45, 2.75) is 45.1 Å². The largest absolute Gasteiger partial charge is 0.313 e. The van der Waals surface area contributed by atoms with Crippen molar-refractivity contribution in [1.82, 2.24) is 10.3 Å². The summed E-state index contributed by atoms with van der Waals surface area (Å²) in [5, 5.41) is 12.3. The zero-order chi connectivity index (χ0) is 12.6. The van der Waals surface area contributed by atoms with E-state index in [0.717, 1.165) is 24.6 Å². The molecule has 18 heavy (non-hydrogen) atoms. The third kappa shape index (κ3) is 3.82. The van der Waals surface area contributed by atoms with E-state index < -0.39 is 0 Å². The van der Waals surface area contributed by atoms with Crippen molar-refractivity contribution in [2.24, 2.45) is 5.92 Å². The van der Waals surface area contributed by atoms with Gasteiger partial charge in [-0.3, -0.25) is 0 Å². The molecule has 1 N–H and O–H groups in total. The topological polar surface area (TPSA) is 48.7 Å². The third-order valence-corrected chi connectivity index (χ3v) is 3.75. The van der Waals surface area contributed by atoms with E-state index in [1.54, 1.807) is 6.20 Å². The van der Waals surface area contributed by atoms with E-state index in [0.29, 0.717) is 5.69 Å². The van der Waals surface area contributed by atoms with Gasteiger partial charge < -0.3 is 5.32 Å². The molecule has 1 aliphatic carbocycles. The number of nitrogens with zero attached hydrogens (tertiary/aromatic N) is 2. The molecule has 2 rings (SSSR count). The van der Waals surface area contributed by atoms with Crippen molar-refractivity contribution in [2.75, 3.05) is 6.54 Å². The first-order valence-electron chi connectivity index (χ1n) is 6.95. The molecule has 1 aliphatic rings. The zero-order valence-corrected chi connectivity index (χ0v) is 10.9. The molecule has 1 aromatic rings. The maximum absolute atomic E-state index is 8.92. The molecule has 0 spiro atoms. The molecule has 0 aromatic carbocycles. The van der Waals surface area contributed by atoms with Crippen molar-refractivity contribution >= 4 is 0 Å². The third-order valence-electron chi connectivity index (χ3n) is 3.75. The maximum atomic E-state index is 8.92. The molecule has 1 heterocycles. The van der Waals surface area contributed by atoms with Crippen molar-refractivity contribution in [1.29, 1.82) is 5.26 Å². The van der Waals surface area contributed by atoms with Crippen LogP contribution in [0.25, 0.3) is 0 Å². The number of nitriles is 1. The highest BCUT2D eigenvalue weighted by Crippen LogP contribution is 2.28.